The van der Waals surface area contributed by atoms with Crippen molar-refractivity contribution in [2.45, 2.75) is 32.2 Å². The van der Waals surface area contributed by atoms with Crippen molar-refractivity contribution in [2.75, 3.05) is 42.5 Å². The van der Waals surface area contributed by atoms with Gasteiger partial charge in [-0.05, 0) is 43.9 Å². The Hall–Kier alpha value is -2.14. The van der Waals surface area contributed by atoms with E-state index in [1.165, 1.54) is 30.5 Å². The monoisotopic (exact) mass is 337 g/mol. The first-order valence-electron chi connectivity index (χ1n) is 9.49. The quantitative estimate of drug-likeness (QED) is 0.787. The van der Waals surface area contributed by atoms with Crippen molar-refractivity contribution in [1.82, 2.24) is 15.3 Å². The SMILES string of the molecule is c1ccc2c(c1)CCN2CCCNCc1cnc(N2CCCC2)nc1. The van der Waals surface area contributed by atoms with E-state index in [-0.39, 0.29) is 0 Å². The zero-order chi connectivity index (χ0) is 16.9. The van der Waals surface area contributed by atoms with E-state index in [9.17, 15) is 0 Å². The van der Waals surface area contributed by atoms with E-state index in [0.717, 1.165) is 57.2 Å². The average molecular weight is 337 g/mol. The summed E-state index contributed by atoms with van der Waals surface area (Å²) in [5.41, 5.74) is 4.08. The zero-order valence-electron chi connectivity index (χ0n) is 14.8. The molecule has 1 aromatic heterocycles. The van der Waals surface area contributed by atoms with Gasteiger partial charge < -0.3 is 15.1 Å². The van der Waals surface area contributed by atoms with Crippen molar-refractivity contribution >= 4 is 11.6 Å². The fourth-order valence-corrected chi connectivity index (χ4v) is 3.79. The van der Waals surface area contributed by atoms with Gasteiger partial charge in [0.25, 0.3) is 0 Å². The van der Waals surface area contributed by atoms with Crippen molar-refractivity contribution in [3.8, 4) is 0 Å². The number of benzene rings is 1. The maximum Gasteiger partial charge on any atom is 0.225 e. The van der Waals surface area contributed by atoms with Crippen LogP contribution in [0.3, 0.4) is 0 Å². The standard InChI is InChI=1S/C20H27N5/c1-2-7-19-18(6-1)8-13-24(19)12-5-9-21-14-17-15-22-20(23-16-17)25-10-3-4-11-25/h1-2,6-7,15-16,21H,3-5,8-14H2. The van der Waals surface area contributed by atoms with Crippen LogP contribution in [0.4, 0.5) is 11.6 Å². The van der Waals surface area contributed by atoms with Gasteiger partial charge in [-0.2, -0.15) is 0 Å². The fraction of sp³-hybridized carbons (Fsp3) is 0.500. The summed E-state index contributed by atoms with van der Waals surface area (Å²) in [7, 11) is 0. The highest BCUT2D eigenvalue weighted by molar-refractivity contribution is 5.57. The molecule has 1 aromatic carbocycles. The summed E-state index contributed by atoms with van der Waals surface area (Å²) in [5.74, 6) is 0.883. The molecule has 0 bridgehead atoms. The number of fused-ring (bicyclic) bond motifs is 1. The van der Waals surface area contributed by atoms with Crippen LogP contribution in [-0.2, 0) is 13.0 Å². The molecule has 2 aliphatic rings. The summed E-state index contributed by atoms with van der Waals surface area (Å²) >= 11 is 0. The number of hydrogen-bond donors (Lipinski definition) is 1. The van der Waals surface area contributed by atoms with Gasteiger partial charge in [0.1, 0.15) is 0 Å². The number of nitrogens with one attached hydrogen (secondary N) is 1. The Kier molecular flexibility index (Phi) is 5.11. The van der Waals surface area contributed by atoms with E-state index in [4.69, 9.17) is 0 Å². The highest BCUT2D eigenvalue weighted by atomic mass is 15.3. The van der Waals surface area contributed by atoms with Gasteiger partial charge in [0.15, 0.2) is 0 Å². The molecule has 0 unspecified atom stereocenters. The molecule has 1 N–H and O–H groups in total. The molecule has 0 saturated carbocycles. The lowest BCUT2D eigenvalue weighted by molar-refractivity contribution is 0.636. The number of hydrogen-bond acceptors (Lipinski definition) is 5. The molecule has 0 amide bonds. The van der Waals surface area contributed by atoms with Crippen LogP contribution in [0.5, 0.6) is 0 Å². The minimum absolute atomic E-state index is 0.844. The van der Waals surface area contributed by atoms with Crippen molar-refractivity contribution < 1.29 is 0 Å². The minimum Gasteiger partial charge on any atom is -0.371 e. The van der Waals surface area contributed by atoms with Crippen LogP contribution in [0.25, 0.3) is 0 Å². The van der Waals surface area contributed by atoms with Crippen LogP contribution in [-0.4, -0.2) is 42.7 Å². The van der Waals surface area contributed by atoms with Gasteiger partial charge >= 0.3 is 0 Å². The van der Waals surface area contributed by atoms with Crippen molar-refractivity contribution in [3.05, 3.63) is 47.8 Å². The highest BCUT2D eigenvalue weighted by Crippen LogP contribution is 2.27. The number of para-hydroxylation sites is 1. The minimum atomic E-state index is 0.844. The lowest BCUT2D eigenvalue weighted by atomic mass is 10.2. The molecule has 0 atom stereocenters. The molecule has 2 aromatic rings. The number of anilines is 2. The first-order valence-corrected chi connectivity index (χ1v) is 9.49. The van der Waals surface area contributed by atoms with E-state index < -0.39 is 0 Å². The lowest BCUT2D eigenvalue weighted by Crippen LogP contribution is -2.25. The molecule has 5 heteroatoms. The van der Waals surface area contributed by atoms with E-state index >= 15 is 0 Å². The van der Waals surface area contributed by atoms with Gasteiger partial charge in [0.05, 0.1) is 0 Å². The number of rotatable bonds is 7. The van der Waals surface area contributed by atoms with E-state index in [2.05, 4.69) is 49.4 Å². The molecule has 0 radical (unpaired) electrons. The molecule has 5 nitrogen and oxygen atoms in total. The van der Waals surface area contributed by atoms with Gasteiger partial charge in [-0.15, -0.1) is 0 Å². The van der Waals surface area contributed by atoms with Crippen LogP contribution in [0.2, 0.25) is 0 Å². The van der Waals surface area contributed by atoms with Gasteiger partial charge in [-0.3, -0.25) is 0 Å². The van der Waals surface area contributed by atoms with Gasteiger partial charge in [-0.25, -0.2) is 9.97 Å². The van der Waals surface area contributed by atoms with Crippen LogP contribution >= 0.6 is 0 Å². The molecule has 0 aliphatic carbocycles. The van der Waals surface area contributed by atoms with Crippen LogP contribution < -0.4 is 15.1 Å². The van der Waals surface area contributed by atoms with Gasteiger partial charge in [0, 0.05) is 56.4 Å². The average Bonchev–Trinajstić information content (AvgIpc) is 3.32. The Labute approximate surface area is 150 Å². The maximum absolute atomic E-state index is 4.51. The smallest absolute Gasteiger partial charge is 0.225 e. The first-order chi connectivity index (χ1) is 12.4. The van der Waals surface area contributed by atoms with E-state index in [1.807, 2.05) is 12.4 Å². The second-order valence-corrected chi connectivity index (χ2v) is 6.98. The third kappa shape index (κ3) is 3.93. The Balaban J connectivity index is 1.17. The molecular formula is C20H27N5. The summed E-state index contributed by atoms with van der Waals surface area (Å²) < 4.78 is 0. The predicted molar refractivity (Wildman–Crippen MR) is 102 cm³/mol. The van der Waals surface area contributed by atoms with E-state index in [1.54, 1.807) is 0 Å². The second-order valence-electron chi connectivity index (χ2n) is 6.98. The van der Waals surface area contributed by atoms with Crippen LogP contribution in [0.1, 0.15) is 30.4 Å². The second kappa shape index (κ2) is 7.83. The molecule has 0 spiro atoms. The predicted octanol–water partition coefficient (Wildman–Crippen LogP) is 2.62. The van der Waals surface area contributed by atoms with Crippen molar-refractivity contribution in [1.29, 1.82) is 0 Å². The van der Waals surface area contributed by atoms with Crippen molar-refractivity contribution in [3.63, 3.8) is 0 Å². The fourth-order valence-electron chi connectivity index (χ4n) is 3.79. The summed E-state index contributed by atoms with van der Waals surface area (Å²) in [6, 6.07) is 8.77. The Morgan fingerprint density at radius 1 is 1.00 bits per heavy atom. The molecule has 4 rings (SSSR count). The summed E-state index contributed by atoms with van der Waals surface area (Å²) in [6.45, 7) is 6.33. The van der Waals surface area contributed by atoms with Crippen LogP contribution in [0, 0.1) is 0 Å². The van der Waals surface area contributed by atoms with Crippen molar-refractivity contribution in [2.24, 2.45) is 0 Å². The topological polar surface area (TPSA) is 44.3 Å². The molecule has 2 aliphatic heterocycles. The normalized spacial score (nSPS) is 16.5. The zero-order valence-corrected chi connectivity index (χ0v) is 14.8. The maximum atomic E-state index is 4.51. The summed E-state index contributed by atoms with van der Waals surface area (Å²) in [6.07, 6.45) is 8.78. The first kappa shape index (κ1) is 16.3. The molecule has 25 heavy (non-hydrogen) atoms. The molecule has 1 fully saturated rings. The van der Waals surface area contributed by atoms with Crippen LogP contribution in [0.15, 0.2) is 36.7 Å². The Bertz CT molecular complexity index is 679. The number of nitrogens with zero attached hydrogens (tertiary/aromatic N) is 4. The third-order valence-electron chi connectivity index (χ3n) is 5.17. The highest BCUT2D eigenvalue weighted by Gasteiger charge is 2.17. The Morgan fingerprint density at radius 3 is 2.64 bits per heavy atom. The van der Waals surface area contributed by atoms with Gasteiger partial charge in [0.2, 0.25) is 5.95 Å². The molecule has 132 valence electrons. The molecule has 1 saturated heterocycles. The number of aromatic nitrogens is 2. The summed E-state index contributed by atoms with van der Waals surface area (Å²) in [5, 5.41) is 3.52. The Morgan fingerprint density at radius 2 is 1.80 bits per heavy atom. The largest absolute Gasteiger partial charge is 0.371 e. The summed E-state index contributed by atoms with van der Waals surface area (Å²) in [4.78, 5) is 13.8. The molecule has 3 heterocycles. The third-order valence-corrected chi connectivity index (χ3v) is 5.17. The lowest BCUT2D eigenvalue weighted by Gasteiger charge is -2.19. The van der Waals surface area contributed by atoms with E-state index in [0.29, 0.717) is 0 Å². The molecular weight excluding hydrogens is 310 g/mol. The van der Waals surface area contributed by atoms with Gasteiger partial charge in [-0.1, -0.05) is 18.2 Å².